The Hall–Kier alpha value is -3.04. The number of nitrogens with zero attached hydrogens (tertiary/aromatic N) is 2. The third-order valence-corrected chi connectivity index (χ3v) is 7.97. The maximum Gasteiger partial charge on any atom is 0.326 e. The first-order valence-corrected chi connectivity index (χ1v) is 12.9. The van der Waals surface area contributed by atoms with Crippen LogP contribution in [0.4, 0.5) is 0 Å². The van der Waals surface area contributed by atoms with Gasteiger partial charge in [0.1, 0.15) is 17.5 Å². The fourth-order valence-electron chi connectivity index (χ4n) is 5.10. The number of fused-ring (bicyclic) bond motifs is 2. The Labute approximate surface area is 208 Å². The first kappa shape index (κ1) is 23.7. The Kier molecular flexibility index (Phi) is 6.97. The highest BCUT2D eigenvalue weighted by Crippen LogP contribution is 2.46. The highest BCUT2D eigenvalue weighted by molar-refractivity contribution is 7.99. The van der Waals surface area contributed by atoms with Crippen LogP contribution in [-0.4, -0.2) is 71.5 Å². The number of carbonyl (C=O) groups excluding carboxylic acids is 2. The predicted molar refractivity (Wildman–Crippen MR) is 131 cm³/mol. The summed E-state index contributed by atoms with van der Waals surface area (Å²) in [5.41, 5.74) is 0.385. The summed E-state index contributed by atoms with van der Waals surface area (Å²) in [7, 11) is 0. The van der Waals surface area contributed by atoms with E-state index in [0.717, 1.165) is 35.2 Å². The van der Waals surface area contributed by atoms with Crippen molar-refractivity contribution < 1.29 is 24.2 Å². The average Bonchev–Trinajstić information content (AvgIpc) is 3.30. The van der Waals surface area contributed by atoms with E-state index < -0.39 is 17.9 Å². The molecule has 1 unspecified atom stereocenters. The smallest absolute Gasteiger partial charge is 0.326 e. The summed E-state index contributed by atoms with van der Waals surface area (Å²) >= 11 is 1.58. The number of para-hydroxylation sites is 1. The summed E-state index contributed by atoms with van der Waals surface area (Å²) in [4.78, 5) is 43.2. The highest BCUT2D eigenvalue weighted by atomic mass is 32.2. The van der Waals surface area contributed by atoms with Gasteiger partial charge in [-0.1, -0.05) is 30.3 Å². The molecule has 0 radical (unpaired) electrons. The van der Waals surface area contributed by atoms with E-state index in [1.165, 1.54) is 24.2 Å². The van der Waals surface area contributed by atoms with Gasteiger partial charge in [0.15, 0.2) is 0 Å². The number of carbonyl (C=O) groups is 3. The van der Waals surface area contributed by atoms with Crippen LogP contribution in [0.2, 0.25) is 0 Å². The number of aliphatic carboxylic acids is 1. The summed E-state index contributed by atoms with van der Waals surface area (Å²) in [6.07, 6.45) is 4.03. The van der Waals surface area contributed by atoms with Crippen LogP contribution in [0.3, 0.4) is 0 Å². The third kappa shape index (κ3) is 5.31. The van der Waals surface area contributed by atoms with E-state index >= 15 is 0 Å². The van der Waals surface area contributed by atoms with Gasteiger partial charge in [-0.3, -0.25) is 9.59 Å². The largest absolute Gasteiger partial charge is 0.480 e. The molecule has 2 aromatic rings. The van der Waals surface area contributed by atoms with E-state index in [1.807, 2.05) is 30.3 Å². The van der Waals surface area contributed by atoms with Crippen molar-refractivity contribution in [1.82, 2.24) is 15.1 Å². The summed E-state index contributed by atoms with van der Waals surface area (Å²) < 4.78 is 5.94. The fourth-order valence-corrected chi connectivity index (χ4v) is 6.03. The normalized spacial score (nSPS) is 21.5. The van der Waals surface area contributed by atoms with E-state index in [-0.39, 0.29) is 18.4 Å². The van der Waals surface area contributed by atoms with E-state index in [4.69, 9.17) is 4.74 Å². The van der Waals surface area contributed by atoms with Crippen LogP contribution in [0.15, 0.2) is 52.3 Å². The summed E-state index contributed by atoms with van der Waals surface area (Å²) in [5, 5.41) is 12.3. The van der Waals surface area contributed by atoms with Crippen molar-refractivity contribution in [3.8, 4) is 11.5 Å². The molecule has 2 atom stereocenters. The van der Waals surface area contributed by atoms with Crippen molar-refractivity contribution in [2.24, 2.45) is 5.92 Å². The Morgan fingerprint density at radius 3 is 2.60 bits per heavy atom. The number of ether oxygens (including phenoxy) is 1. The molecule has 2 saturated heterocycles. The lowest BCUT2D eigenvalue weighted by Gasteiger charge is -2.28. The number of likely N-dealkylation sites (tertiary alicyclic amines) is 2. The number of hydrogen-bond donors (Lipinski definition) is 2. The van der Waals surface area contributed by atoms with Gasteiger partial charge < -0.3 is 25.0 Å². The van der Waals surface area contributed by atoms with Crippen molar-refractivity contribution in [2.75, 3.05) is 32.7 Å². The molecule has 5 rings (SSSR count). The molecule has 3 aliphatic rings. The molecular formula is C26H29N3O5S. The maximum atomic E-state index is 12.9. The molecule has 0 aromatic heterocycles. The molecular weight excluding hydrogens is 466 g/mol. The van der Waals surface area contributed by atoms with Crippen molar-refractivity contribution >= 4 is 29.5 Å². The van der Waals surface area contributed by atoms with Gasteiger partial charge in [-0.25, -0.2) is 4.79 Å². The second-order valence-corrected chi connectivity index (χ2v) is 10.4. The minimum absolute atomic E-state index is 0.132. The summed E-state index contributed by atoms with van der Waals surface area (Å²) in [6.45, 7) is 3.05. The van der Waals surface area contributed by atoms with Crippen LogP contribution < -0.4 is 10.1 Å². The number of hydrogen-bond acceptors (Lipinski definition) is 6. The molecule has 3 aliphatic heterocycles. The molecule has 0 bridgehead atoms. The fraction of sp³-hybridized carbons (Fsp3) is 0.423. The second-order valence-electron chi connectivity index (χ2n) is 9.36. The van der Waals surface area contributed by atoms with Gasteiger partial charge in [0.2, 0.25) is 5.91 Å². The Balaban J connectivity index is 1.18. The molecule has 0 aliphatic carbocycles. The van der Waals surface area contributed by atoms with Crippen LogP contribution in [0.5, 0.6) is 11.5 Å². The zero-order valence-corrected chi connectivity index (χ0v) is 20.3. The molecule has 9 heteroatoms. The van der Waals surface area contributed by atoms with Gasteiger partial charge in [-0.05, 0) is 68.6 Å². The van der Waals surface area contributed by atoms with Gasteiger partial charge in [-0.15, -0.1) is 0 Å². The van der Waals surface area contributed by atoms with Crippen molar-refractivity contribution in [3.05, 3.63) is 48.0 Å². The molecule has 184 valence electrons. The zero-order chi connectivity index (χ0) is 24.4. The second kappa shape index (κ2) is 10.3. The van der Waals surface area contributed by atoms with E-state index in [1.54, 1.807) is 23.9 Å². The van der Waals surface area contributed by atoms with Crippen LogP contribution in [0.1, 0.15) is 36.0 Å². The predicted octanol–water partition coefficient (Wildman–Crippen LogP) is 3.46. The van der Waals surface area contributed by atoms with Crippen molar-refractivity contribution in [2.45, 2.75) is 41.5 Å². The lowest BCUT2D eigenvalue weighted by atomic mass is 10.0. The number of carboxylic acids is 1. The summed E-state index contributed by atoms with van der Waals surface area (Å²) in [5.74, 6) is -0.290. The minimum Gasteiger partial charge on any atom is -0.480 e. The number of carboxylic acid groups (broad SMARTS) is 1. The first-order valence-electron chi connectivity index (χ1n) is 12.1. The standard InChI is InChI=1S/C26H29N3O5S/c30-24(29-16-17(12-19(29)26(32)33)15-28-10-4-1-5-11-28)14-27-25(31)18-8-9-23-21(13-18)34-20-6-2-3-7-22(20)35-23/h2-3,6-9,13,17,19H,1,4-5,10-12,14-16H2,(H,27,31)(H,32,33)/t17?,19-/m0/s1. The van der Waals surface area contributed by atoms with E-state index in [9.17, 15) is 19.5 Å². The van der Waals surface area contributed by atoms with Crippen LogP contribution >= 0.6 is 11.8 Å². The summed E-state index contributed by atoms with van der Waals surface area (Å²) in [6, 6.07) is 12.1. The van der Waals surface area contributed by atoms with Gasteiger partial charge in [-0.2, -0.15) is 0 Å². The van der Waals surface area contributed by atoms with Gasteiger partial charge in [0.25, 0.3) is 5.91 Å². The van der Waals surface area contributed by atoms with E-state index in [0.29, 0.717) is 24.3 Å². The number of rotatable bonds is 6. The highest BCUT2D eigenvalue weighted by Gasteiger charge is 2.40. The zero-order valence-electron chi connectivity index (χ0n) is 19.4. The van der Waals surface area contributed by atoms with Crippen molar-refractivity contribution in [3.63, 3.8) is 0 Å². The van der Waals surface area contributed by atoms with Crippen molar-refractivity contribution in [1.29, 1.82) is 0 Å². The quantitative estimate of drug-likeness (QED) is 0.540. The molecule has 35 heavy (non-hydrogen) atoms. The SMILES string of the molecule is O=C(NCC(=O)N1CC(CN2CCCCC2)C[C@H]1C(=O)O)c1ccc2c(c1)Oc1ccccc1S2. The Morgan fingerprint density at radius 1 is 1.03 bits per heavy atom. The molecule has 3 heterocycles. The van der Waals surface area contributed by atoms with Gasteiger partial charge in [0, 0.05) is 18.7 Å². The monoisotopic (exact) mass is 495 g/mol. The molecule has 0 saturated carbocycles. The molecule has 2 fully saturated rings. The van der Waals surface area contributed by atoms with E-state index in [2.05, 4.69) is 10.2 Å². The Morgan fingerprint density at radius 2 is 1.80 bits per heavy atom. The number of amides is 2. The maximum absolute atomic E-state index is 12.9. The lowest BCUT2D eigenvalue weighted by Crippen LogP contribution is -2.45. The van der Waals surface area contributed by atoms with Gasteiger partial charge in [0.05, 0.1) is 16.3 Å². The Bertz CT molecular complexity index is 1130. The third-order valence-electron chi connectivity index (χ3n) is 6.85. The number of benzene rings is 2. The average molecular weight is 496 g/mol. The number of nitrogens with one attached hydrogen (secondary N) is 1. The van der Waals surface area contributed by atoms with Crippen LogP contribution in [0, 0.1) is 5.92 Å². The molecule has 2 amide bonds. The topological polar surface area (TPSA) is 99.2 Å². The van der Waals surface area contributed by atoms with Gasteiger partial charge >= 0.3 is 5.97 Å². The first-order chi connectivity index (χ1) is 17.0. The molecule has 2 N–H and O–H groups in total. The number of piperidine rings is 1. The molecule has 2 aromatic carbocycles. The minimum atomic E-state index is -0.990. The van der Waals surface area contributed by atoms with Crippen LogP contribution in [0.25, 0.3) is 0 Å². The molecule has 8 nitrogen and oxygen atoms in total. The lowest BCUT2D eigenvalue weighted by molar-refractivity contribution is -0.147. The van der Waals surface area contributed by atoms with Crippen LogP contribution in [-0.2, 0) is 9.59 Å². The molecule has 0 spiro atoms.